The van der Waals surface area contributed by atoms with Gasteiger partial charge in [0.1, 0.15) is 0 Å². The average Bonchev–Trinajstić information content (AvgIpc) is 3.07. The van der Waals surface area contributed by atoms with E-state index in [9.17, 15) is 0 Å². The van der Waals surface area contributed by atoms with Gasteiger partial charge in [-0.3, -0.25) is 0 Å². The Morgan fingerprint density at radius 1 is 0.128 bits per heavy atom. The third-order valence-corrected chi connectivity index (χ3v) is 10.4. The summed E-state index contributed by atoms with van der Waals surface area (Å²) in [6.45, 7) is 9.20. The van der Waals surface area contributed by atoms with Gasteiger partial charge in [-0.1, -0.05) is 297 Å². The van der Waals surface area contributed by atoms with Crippen molar-refractivity contribution in [2.24, 2.45) is 0 Å². The molecule has 0 spiro atoms. The quantitative estimate of drug-likeness (QED) is 0.0455. The molecule has 0 unspecified atom stereocenters. The fourth-order valence-corrected chi connectivity index (χ4v) is 7.01. The van der Waals surface area contributed by atoms with Gasteiger partial charge in [-0.15, -0.1) is 0 Å². The van der Waals surface area contributed by atoms with Crippen LogP contribution < -0.4 is 0 Å². The molecule has 0 saturated heterocycles. The zero-order chi connectivity index (χ0) is 33.7. The van der Waals surface area contributed by atoms with Gasteiger partial charge in [-0.25, -0.2) is 0 Å². The van der Waals surface area contributed by atoms with Crippen LogP contribution in [-0.4, -0.2) is 18.9 Å². The third-order valence-electron chi connectivity index (χ3n) is 10.4. The van der Waals surface area contributed by atoms with Crippen LogP contribution in [0.15, 0.2) is 0 Å². The first-order chi connectivity index (χ1) is 22.8. The van der Waals surface area contributed by atoms with E-state index in [4.69, 9.17) is 0 Å². The maximum atomic E-state index is 2.30. The fraction of sp³-hybridized carbons (Fsp3) is 1.00. The van der Waals surface area contributed by atoms with Crippen molar-refractivity contribution >= 4 is 18.9 Å². The molecule has 0 aliphatic rings. The molecule has 47 heavy (non-hydrogen) atoms. The first kappa shape index (κ1) is 52.0. The van der Waals surface area contributed by atoms with E-state index in [-0.39, 0.29) is 18.9 Å². The molecule has 0 bridgehead atoms. The minimum atomic E-state index is 0. The second-order valence-electron chi connectivity index (χ2n) is 15.4. The number of hydrogen-bond acceptors (Lipinski definition) is 0. The summed E-state index contributed by atoms with van der Waals surface area (Å²) in [7, 11) is 0. The molecule has 0 nitrogen and oxygen atoms in total. The van der Waals surface area contributed by atoms with Gasteiger partial charge >= 0.3 is 0 Å². The Hall–Kier alpha value is 0.597. The molecule has 0 aliphatic heterocycles. The first-order valence-electron chi connectivity index (χ1n) is 22.8. The Kier molecular flexibility index (Phi) is 59.0. The first-order valence-corrected chi connectivity index (χ1v) is 22.8. The molecular formula is C46H96Li. The Balaban J connectivity index is -0.000000807. The van der Waals surface area contributed by atoms with E-state index in [2.05, 4.69) is 27.7 Å². The van der Waals surface area contributed by atoms with Crippen molar-refractivity contribution in [1.82, 2.24) is 0 Å². The van der Waals surface area contributed by atoms with Crippen molar-refractivity contribution in [3.8, 4) is 0 Å². The Bertz CT molecular complexity index is 378. The molecule has 0 N–H and O–H groups in total. The standard InChI is InChI=1S/2C23H48.Li/c2*1-3-5-7-9-11-13-15-17-19-21-23-22-20-18-16-14-12-10-8-6-4-2;/h2*3-23H2,1-2H3;. The molecule has 0 fully saturated rings. The minimum Gasteiger partial charge on any atom is -0.0654 e. The maximum absolute atomic E-state index is 2.30. The summed E-state index contributed by atoms with van der Waals surface area (Å²) in [4.78, 5) is 0. The van der Waals surface area contributed by atoms with Gasteiger partial charge < -0.3 is 0 Å². The minimum absolute atomic E-state index is 0. The van der Waals surface area contributed by atoms with Crippen molar-refractivity contribution in [2.45, 2.75) is 297 Å². The van der Waals surface area contributed by atoms with Crippen molar-refractivity contribution in [1.29, 1.82) is 0 Å². The zero-order valence-electron chi connectivity index (χ0n) is 34.7. The van der Waals surface area contributed by atoms with E-state index in [1.165, 1.54) is 270 Å². The molecular weight excluding hydrogens is 559 g/mol. The zero-order valence-corrected chi connectivity index (χ0v) is 34.7. The molecule has 0 atom stereocenters. The maximum Gasteiger partial charge on any atom is 0 e. The second-order valence-corrected chi connectivity index (χ2v) is 15.4. The van der Waals surface area contributed by atoms with E-state index < -0.39 is 0 Å². The van der Waals surface area contributed by atoms with Gasteiger partial charge in [0, 0.05) is 18.9 Å². The number of rotatable bonds is 40. The summed E-state index contributed by atoms with van der Waals surface area (Å²) >= 11 is 0. The summed E-state index contributed by atoms with van der Waals surface area (Å²) in [5, 5.41) is 0. The van der Waals surface area contributed by atoms with Crippen LogP contribution in [0.1, 0.15) is 297 Å². The van der Waals surface area contributed by atoms with Crippen LogP contribution in [0.3, 0.4) is 0 Å². The predicted molar refractivity (Wildman–Crippen MR) is 222 cm³/mol. The summed E-state index contributed by atoms with van der Waals surface area (Å²) in [5.41, 5.74) is 0. The Labute approximate surface area is 314 Å². The molecule has 0 heterocycles. The van der Waals surface area contributed by atoms with Gasteiger partial charge in [-0.05, 0) is 0 Å². The van der Waals surface area contributed by atoms with Crippen molar-refractivity contribution in [2.75, 3.05) is 0 Å². The smallest absolute Gasteiger partial charge is 0 e. The molecule has 0 rings (SSSR count). The molecule has 0 amide bonds. The van der Waals surface area contributed by atoms with E-state index in [1.807, 2.05) is 0 Å². The molecule has 0 aromatic heterocycles. The topological polar surface area (TPSA) is 0 Å². The number of unbranched alkanes of at least 4 members (excludes halogenated alkanes) is 40. The van der Waals surface area contributed by atoms with Gasteiger partial charge in [-0.2, -0.15) is 0 Å². The molecule has 1 heteroatoms. The van der Waals surface area contributed by atoms with Crippen LogP contribution in [0.5, 0.6) is 0 Å². The molecule has 281 valence electrons. The predicted octanol–water partition coefficient (Wildman–Crippen LogP) is 18.1. The third kappa shape index (κ3) is 56.2. The monoisotopic (exact) mass is 656 g/mol. The van der Waals surface area contributed by atoms with Gasteiger partial charge in [0.25, 0.3) is 0 Å². The van der Waals surface area contributed by atoms with Crippen LogP contribution in [0.25, 0.3) is 0 Å². The molecule has 0 saturated carbocycles. The number of hydrogen-bond donors (Lipinski definition) is 0. The van der Waals surface area contributed by atoms with E-state index in [0.717, 1.165) is 0 Å². The van der Waals surface area contributed by atoms with Crippen LogP contribution in [0.2, 0.25) is 0 Å². The van der Waals surface area contributed by atoms with Crippen LogP contribution >= 0.6 is 0 Å². The van der Waals surface area contributed by atoms with Crippen molar-refractivity contribution in [3.05, 3.63) is 0 Å². The van der Waals surface area contributed by atoms with Gasteiger partial charge in [0.15, 0.2) is 0 Å². The van der Waals surface area contributed by atoms with Crippen molar-refractivity contribution in [3.63, 3.8) is 0 Å². The molecule has 0 aromatic carbocycles. The van der Waals surface area contributed by atoms with Crippen LogP contribution in [0.4, 0.5) is 0 Å². The average molecular weight is 656 g/mol. The molecule has 1 radical (unpaired) electrons. The van der Waals surface area contributed by atoms with E-state index in [0.29, 0.717) is 0 Å². The van der Waals surface area contributed by atoms with E-state index >= 15 is 0 Å². The summed E-state index contributed by atoms with van der Waals surface area (Å²) in [6, 6.07) is 0. The normalized spacial score (nSPS) is 11.0. The SMILES string of the molecule is CCCCCCCCCCCCCCCCCCCCCCC.CCCCCCCCCCCCCCCCCCCCCCC.[Li]. The second kappa shape index (κ2) is 53.4. The van der Waals surface area contributed by atoms with Gasteiger partial charge in [0.2, 0.25) is 0 Å². The van der Waals surface area contributed by atoms with Gasteiger partial charge in [0.05, 0.1) is 0 Å². The van der Waals surface area contributed by atoms with E-state index in [1.54, 1.807) is 0 Å². The Morgan fingerprint density at radius 2 is 0.191 bits per heavy atom. The summed E-state index contributed by atoms with van der Waals surface area (Å²) in [5.74, 6) is 0. The fourth-order valence-electron chi connectivity index (χ4n) is 7.01. The Morgan fingerprint density at radius 3 is 0.255 bits per heavy atom. The molecule has 0 aromatic rings. The van der Waals surface area contributed by atoms with Crippen molar-refractivity contribution < 1.29 is 0 Å². The largest absolute Gasteiger partial charge is 0.0654 e. The summed E-state index contributed by atoms with van der Waals surface area (Å²) in [6.07, 6.45) is 61.8. The van der Waals surface area contributed by atoms with Crippen LogP contribution in [-0.2, 0) is 0 Å². The molecule has 0 aliphatic carbocycles. The summed E-state index contributed by atoms with van der Waals surface area (Å²) < 4.78 is 0. The van der Waals surface area contributed by atoms with Crippen LogP contribution in [0, 0.1) is 0 Å².